The second-order valence-electron chi connectivity index (χ2n) is 7.60. The molecular weight excluding hydrogens is 451 g/mol. The van der Waals surface area contributed by atoms with Crippen LogP contribution in [0.3, 0.4) is 0 Å². The van der Waals surface area contributed by atoms with Crippen LogP contribution in [0, 0.1) is 12.7 Å². The highest BCUT2D eigenvalue weighted by atomic mass is 19.1. The predicted octanol–water partition coefficient (Wildman–Crippen LogP) is 4.64. The predicted molar refractivity (Wildman–Crippen MR) is 130 cm³/mol. The summed E-state index contributed by atoms with van der Waals surface area (Å²) in [4.78, 5) is 38.1. The molecule has 3 rings (SSSR count). The Kier molecular flexibility index (Phi) is 8.56. The molecule has 3 aromatic rings. The first-order chi connectivity index (χ1) is 16.8. The second-order valence-corrected chi connectivity index (χ2v) is 7.60. The lowest BCUT2D eigenvalue weighted by Crippen LogP contribution is -2.19. The highest BCUT2D eigenvalue weighted by Gasteiger charge is 2.24. The van der Waals surface area contributed by atoms with E-state index in [0.717, 1.165) is 5.56 Å². The maximum Gasteiger partial charge on any atom is 0.347 e. The van der Waals surface area contributed by atoms with E-state index in [0.29, 0.717) is 29.1 Å². The van der Waals surface area contributed by atoms with Crippen LogP contribution in [0.2, 0.25) is 0 Å². The lowest BCUT2D eigenvalue weighted by Gasteiger charge is -2.09. The van der Waals surface area contributed by atoms with E-state index in [1.54, 1.807) is 63.4 Å². The highest BCUT2D eigenvalue weighted by Crippen LogP contribution is 2.27. The monoisotopic (exact) mass is 478 g/mol. The van der Waals surface area contributed by atoms with Crippen LogP contribution in [-0.2, 0) is 25.6 Å². The van der Waals surface area contributed by atoms with Gasteiger partial charge in [-0.05, 0) is 38.5 Å². The van der Waals surface area contributed by atoms with Crippen LogP contribution in [0.4, 0.5) is 10.1 Å². The number of nitrogens with zero attached hydrogens (tertiary/aromatic N) is 1. The van der Waals surface area contributed by atoms with Gasteiger partial charge in [0.05, 0.1) is 24.5 Å². The molecule has 0 aliphatic carbocycles. The van der Waals surface area contributed by atoms with Crippen LogP contribution in [-0.4, -0.2) is 35.5 Å². The zero-order valence-corrected chi connectivity index (χ0v) is 19.8. The van der Waals surface area contributed by atoms with Gasteiger partial charge in [0.2, 0.25) is 0 Å². The number of nitrogens with one attached hydrogen (secondary N) is 1. The summed E-state index contributed by atoms with van der Waals surface area (Å²) in [6.07, 6.45) is 2.90. The first kappa shape index (κ1) is 25.4. The number of carbonyl (C=O) groups is 3. The average Bonchev–Trinajstić information content (AvgIpc) is 3.15. The normalized spacial score (nSPS) is 10.4. The molecule has 0 saturated heterocycles. The molecule has 0 radical (unpaired) electrons. The third-order valence-corrected chi connectivity index (χ3v) is 5.24. The Bertz CT molecular complexity index is 1210. The van der Waals surface area contributed by atoms with Gasteiger partial charge < -0.3 is 19.4 Å². The van der Waals surface area contributed by atoms with Crippen molar-refractivity contribution in [2.75, 3.05) is 18.5 Å². The minimum absolute atomic E-state index is 0.0838. The second kappa shape index (κ2) is 11.8. The van der Waals surface area contributed by atoms with Crippen molar-refractivity contribution in [2.45, 2.75) is 27.3 Å². The lowest BCUT2D eigenvalue weighted by atomic mass is 10.0. The smallest absolute Gasteiger partial charge is 0.347 e. The number of hydrogen-bond donors (Lipinski definition) is 1. The van der Waals surface area contributed by atoms with E-state index in [9.17, 15) is 18.8 Å². The number of ether oxygens (including phenoxy) is 2. The highest BCUT2D eigenvalue weighted by molar-refractivity contribution is 6.15. The molecule has 35 heavy (non-hydrogen) atoms. The summed E-state index contributed by atoms with van der Waals surface area (Å²) in [6, 6.07) is 14.8. The van der Waals surface area contributed by atoms with Gasteiger partial charge in [-0.1, -0.05) is 42.5 Å². The quantitative estimate of drug-likeness (QED) is 0.150. The summed E-state index contributed by atoms with van der Waals surface area (Å²) in [6.45, 7) is 5.61. The van der Waals surface area contributed by atoms with Crippen LogP contribution in [0.1, 0.15) is 41.0 Å². The molecule has 0 aliphatic heterocycles. The van der Waals surface area contributed by atoms with E-state index < -0.39 is 11.9 Å². The summed E-state index contributed by atoms with van der Waals surface area (Å²) in [5, 5.41) is 2.93. The van der Waals surface area contributed by atoms with Crippen LogP contribution in [0.15, 0.2) is 72.6 Å². The molecule has 1 heterocycles. The fourth-order valence-electron chi connectivity index (χ4n) is 3.51. The van der Waals surface area contributed by atoms with Crippen LogP contribution in [0.25, 0.3) is 0 Å². The van der Waals surface area contributed by atoms with E-state index in [2.05, 4.69) is 5.32 Å². The summed E-state index contributed by atoms with van der Waals surface area (Å²) < 4.78 is 25.1. The molecule has 1 N–H and O–H groups in total. The van der Waals surface area contributed by atoms with Crippen LogP contribution < -0.4 is 5.32 Å². The molecule has 8 heteroatoms. The van der Waals surface area contributed by atoms with Gasteiger partial charge in [0.25, 0.3) is 0 Å². The number of hydrogen-bond acceptors (Lipinski definition) is 6. The Labute approximate surface area is 203 Å². The molecule has 7 nitrogen and oxygen atoms in total. The van der Waals surface area contributed by atoms with E-state index in [4.69, 9.17) is 9.47 Å². The molecule has 0 bridgehead atoms. The summed E-state index contributed by atoms with van der Waals surface area (Å²) >= 11 is 0. The summed E-state index contributed by atoms with van der Waals surface area (Å²) in [5.41, 5.74) is 2.43. The van der Waals surface area contributed by atoms with Crippen molar-refractivity contribution >= 4 is 23.4 Å². The fourth-order valence-corrected chi connectivity index (χ4v) is 3.51. The zero-order chi connectivity index (χ0) is 25.4. The molecule has 0 saturated carbocycles. The molecule has 182 valence electrons. The molecular formula is C27H27FN2O5. The van der Waals surface area contributed by atoms with Crippen molar-refractivity contribution in [3.63, 3.8) is 0 Å². The Morgan fingerprint density at radius 1 is 0.943 bits per heavy atom. The number of esters is 2. The van der Waals surface area contributed by atoms with E-state index in [1.807, 2.05) is 10.6 Å². The van der Waals surface area contributed by atoms with E-state index in [-0.39, 0.29) is 30.4 Å². The van der Waals surface area contributed by atoms with Gasteiger partial charge in [0.15, 0.2) is 11.4 Å². The number of benzene rings is 2. The van der Waals surface area contributed by atoms with Gasteiger partial charge in [0.1, 0.15) is 5.82 Å². The van der Waals surface area contributed by atoms with Gasteiger partial charge >= 0.3 is 11.9 Å². The average molecular weight is 479 g/mol. The van der Waals surface area contributed by atoms with Crippen molar-refractivity contribution < 1.29 is 28.2 Å². The first-order valence-corrected chi connectivity index (χ1v) is 11.2. The number of rotatable bonds is 10. The van der Waals surface area contributed by atoms with Gasteiger partial charge in [0, 0.05) is 30.2 Å². The molecule has 0 fully saturated rings. The number of anilines is 1. The maximum absolute atomic E-state index is 13.4. The Balaban J connectivity index is 2.04. The van der Waals surface area contributed by atoms with E-state index in [1.165, 1.54) is 18.3 Å². The Morgan fingerprint density at radius 3 is 2.11 bits per heavy atom. The van der Waals surface area contributed by atoms with Crippen LogP contribution in [0.5, 0.6) is 0 Å². The molecule has 0 spiro atoms. The maximum atomic E-state index is 13.4. The molecule has 2 aromatic carbocycles. The zero-order valence-electron chi connectivity index (χ0n) is 19.8. The van der Waals surface area contributed by atoms with Gasteiger partial charge in [-0.15, -0.1) is 0 Å². The van der Waals surface area contributed by atoms with Gasteiger partial charge in [-0.2, -0.15) is 0 Å². The number of ketones is 1. The number of aromatic nitrogens is 1. The van der Waals surface area contributed by atoms with Crippen molar-refractivity contribution in [3.05, 3.63) is 101 Å². The molecule has 0 atom stereocenters. The number of carbonyl (C=O) groups excluding carboxylic acids is 3. The standard InChI is InChI=1S/C27H27FN2O5/c1-4-34-26(32)22(27(33)35-5-2)15-29-23-17-30(16-19-11-13-21(28)14-12-19)18(3)24(23)25(31)20-9-7-6-8-10-20/h6-15,17,29H,4-5,16H2,1-3H3. The Hall–Kier alpha value is -4.20. The van der Waals surface area contributed by atoms with Crippen molar-refractivity contribution in [1.29, 1.82) is 0 Å². The lowest BCUT2D eigenvalue weighted by molar-refractivity contribution is -0.146. The molecule has 1 aromatic heterocycles. The molecule has 0 unspecified atom stereocenters. The first-order valence-electron chi connectivity index (χ1n) is 11.2. The fraction of sp³-hybridized carbons (Fsp3) is 0.222. The Morgan fingerprint density at radius 2 is 1.54 bits per heavy atom. The molecule has 0 aliphatic rings. The largest absolute Gasteiger partial charge is 0.462 e. The molecule has 0 amide bonds. The van der Waals surface area contributed by atoms with Gasteiger partial charge in [-0.3, -0.25) is 4.79 Å². The van der Waals surface area contributed by atoms with Gasteiger partial charge in [-0.25, -0.2) is 14.0 Å². The minimum atomic E-state index is -0.836. The third-order valence-electron chi connectivity index (χ3n) is 5.24. The minimum Gasteiger partial charge on any atom is -0.462 e. The van der Waals surface area contributed by atoms with Crippen molar-refractivity contribution in [1.82, 2.24) is 4.57 Å². The summed E-state index contributed by atoms with van der Waals surface area (Å²) in [5.74, 6) is -2.24. The van der Waals surface area contributed by atoms with Crippen LogP contribution >= 0.6 is 0 Å². The van der Waals surface area contributed by atoms with E-state index >= 15 is 0 Å². The third kappa shape index (κ3) is 6.23. The van der Waals surface area contributed by atoms with Crippen molar-refractivity contribution in [3.8, 4) is 0 Å². The number of halogens is 1. The SMILES string of the molecule is CCOC(=O)C(=CNc1cn(Cc2ccc(F)cc2)c(C)c1C(=O)c1ccccc1)C(=O)OCC. The topological polar surface area (TPSA) is 86.6 Å². The van der Waals surface area contributed by atoms with Crippen molar-refractivity contribution in [2.24, 2.45) is 0 Å². The summed E-state index contributed by atoms with van der Waals surface area (Å²) in [7, 11) is 0.